The summed E-state index contributed by atoms with van der Waals surface area (Å²) in [5, 5.41) is 3.30. The van der Waals surface area contributed by atoms with Gasteiger partial charge in [-0.1, -0.05) is 18.2 Å². The predicted molar refractivity (Wildman–Crippen MR) is 95.5 cm³/mol. The molecule has 1 amide bonds. The van der Waals surface area contributed by atoms with Crippen LogP contribution in [0.1, 0.15) is 37.6 Å². The van der Waals surface area contributed by atoms with Crippen molar-refractivity contribution in [3.63, 3.8) is 0 Å². The second kappa shape index (κ2) is 7.95. The quantitative estimate of drug-likeness (QED) is 0.824. The minimum atomic E-state index is -1.14. The molecule has 0 saturated heterocycles. The molecule has 0 saturated carbocycles. The highest BCUT2D eigenvalue weighted by Gasteiger charge is 2.28. The monoisotopic (exact) mass is 358 g/mol. The highest BCUT2D eigenvalue weighted by Crippen LogP contribution is 2.14. The number of hydrogen-bond acceptors (Lipinski definition) is 6. The molecular weight excluding hydrogens is 336 g/mol. The third-order valence-electron chi connectivity index (χ3n) is 3.43. The van der Waals surface area contributed by atoms with E-state index in [1.165, 1.54) is 13.3 Å². The topological polar surface area (TPSA) is 94.6 Å². The first-order chi connectivity index (χ1) is 12.2. The number of para-hydroxylation sites is 1. The molecule has 0 unspecified atom stereocenters. The van der Waals surface area contributed by atoms with E-state index in [0.717, 1.165) is 10.9 Å². The van der Waals surface area contributed by atoms with Gasteiger partial charge in [-0.05, 0) is 32.9 Å². The van der Waals surface area contributed by atoms with Gasteiger partial charge < -0.3 is 14.8 Å². The number of aromatic nitrogens is 1. The number of fused-ring (bicyclic) bond motifs is 1. The lowest BCUT2D eigenvalue weighted by molar-refractivity contribution is -0.158. The first-order valence-electron chi connectivity index (χ1n) is 8.15. The predicted octanol–water partition coefficient (Wildman–Crippen LogP) is 2.24. The van der Waals surface area contributed by atoms with E-state index in [4.69, 9.17) is 4.74 Å². The molecule has 2 aromatic rings. The molecule has 7 nitrogen and oxygen atoms in total. The lowest BCUT2D eigenvalue weighted by atomic mass is 10.1. The Balaban J connectivity index is 2.14. The number of benzene rings is 1. The van der Waals surface area contributed by atoms with Gasteiger partial charge in [0, 0.05) is 11.6 Å². The molecule has 1 aromatic heterocycles. The van der Waals surface area contributed by atoms with E-state index in [2.05, 4.69) is 15.0 Å². The second-order valence-corrected chi connectivity index (χ2v) is 6.76. The van der Waals surface area contributed by atoms with E-state index in [1.54, 1.807) is 26.8 Å². The van der Waals surface area contributed by atoms with Crippen molar-refractivity contribution in [1.29, 1.82) is 0 Å². The van der Waals surface area contributed by atoms with Crippen LogP contribution in [0, 0.1) is 0 Å². The zero-order valence-electron chi connectivity index (χ0n) is 15.2. The van der Waals surface area contributed by atoms with Crippen molar-refractivity contribution < 1.29 is 23.9 Å². The molecule has 26 heavy (non-hydrogen) atoms. The lowest BCUT2D eigenvalue weighted by Gasteiger charge is -2.22. The average Bonchev–Trinajstić information content (AvgIpc) is 2.58. The molecular formula is C19H22N2O5. The first-order valence-corrected chi connectivity index (χ1v) is 8.15. The molecule has 0 fully saturated rings. The van der Waals surface area contributed by atoms with Gasteiger partial charge in [-0.25, -0.2) is 4.79 Å². The van der Waals surface area contributed by atoms with Crippen molar-refractivity contribution in [2.75, 3.05) is 7.11 Å². The zero-order chi connectivity index (χ0) is 19.3. The maximum Gasteiger partial charge on any atom is 0.328 e. The van der Waals surface area contributed by atoms with E-state index in [0.29, 0.717) is 0 Å². The van der Waals surface area contributed by atoms with E-state index < -0.39 is 29.5 Å². The Bertz CT molecular complexity index is 826. The van der Waals surface area contributed by atoms with Crippen molar-refractivity contribution in [2.24, 2.45) is 0 Å². The number of ether oxygens (including phenoxy) is 2. The molecule has 0 radical (unpaired) electrons. The molecule has 0 aliphatic rings. The van der Waals surface area contributed by atoms with Crippen LogP contribution in [0.3, 0.4) is 0 Å². The van der Waals surface area contributed by atoms with E-state index in [-0.39, 0.29) is 12.0 Å². The van der Waals surface area contributed by atoms with Gasteiger partial charge in [0.05, 0.1) is 24.6 Å². The zero-order valence-corrected chi connectivity index (χ0v) is 15.2. The smallest absolute Gasteiger partial charge is 0.328 e. The summed E-state index contributed by atoms with van der Waals surface area (Å²) < 4.78 is 9.87. The Morgan fingerprint density at radius 1 is 1.19 bits per heavy atom. The van der Waals surface area contributed by atoms with Crippen LogP contribution >= 0.6 is 0 Å². The fourth-order valence-corrected chi connectivity index (χ4v) is 2.32. The maximum atomic E-state index is 12.5. The minimum Gasteiger partial charge on any atom is -0.467 e. The van der Waals surface area contributed by atoms with Crippen LogP contribution in [-0.4, -0.2) is 41.6 Å². The maximum absolute atomic E-state index is 12.5. The van der Waals surface area contributed by atoms with Crippen LogP contribution in [0.4, 0.5) is 0 Å². The summed E-state index contributed by atoms with van der Waals surface area (Å²) in [6, 6.07) is 7.87. The van der Waals surface area contributed by atoms with Crippen molar-refractivity contribution in [1.82, 2.24) is 10.3 Å². The Morgan fingerprint density at radius 2 is 1.88 bits per heavy atom. The number of pyridine rings is 1. The summed E-state index contributed by atoms with van der Waals surface area (Å²) in [6.45, 7) is 5.16. The number of nitrogens with one attached hydrogen (secondary N) is 1. The number of esters is 2. The van der Waals surface area contributed by atoms with Crippen molar-refractivity contribution >= 4 is 28.7 Å². The SMILES string of the molecule is COC(=O)[C@H](CC(=O)OC(C)(C)C)NC(=O)c1cnc2ccccc2c1. The summed E-state index contributed by atoms with van der Waals surface area (Å²) in [7, 11) is 1.19. The second-order valence-electron chi connectivity index (χ2n) is 6.76. The van der Waals surface area contributed by atoms with E-state index in [9.17, 15) is 14.4 Å². The van der Waals surface area contributed by atoms with Crippen molar-refractivity contribution in [2.45, 2.75) is 38.8 Å². The molecule has 138 valence electrons. The van der Waals surface area contributed by atoms with Gasteiger partial charge in [-0.2, -0.15) is 0 Å². The number of amides is 1. The molecule has 0 spiro atoms. The number of hydrogen-bond donors (Lipinski definition) is 1. The summed E-state index contributed by atoms with van der Waals surface area (Å²) in [5.41, 5.74) is 0.341. The summed E-state index contributed by atoms with van der Waals surface area (Å²) in [6.07, 6.45) is 1.09. The number of methoxy groups -OCH3 is 1. The fourth-order valence-electron chi connectivity index (χ4n) is 2.32. The van der Waals surface area contributed by atoms with Gasteiger partial charge in [-0.15, -0.1) is 0 Å². The van der Waals surface area contributed by atoms with Gasteiger partial charge in [0.1, 0.15) is 11.6 Å². The Hall–Kier alpha value is -2.96. The fraction of sp³-hybridized carbons (Fsp3) is 0.368. The average molecular weight is 358 g/mol. The largest absolute Gasteiger partial charge is 0.467 e. The molecule has 0 aliphatic carbocycles. The summed E-state index contributed by atoms with van der Waals surface area (Å²) >= 11 is 0. The lowest BCUT2D eigenvalue weighted by Crippen LogP contribution is -2.44. The van der Waals surface area contributed by atoms with Crippen LogP contribution in [0.25, 0.3) is 10.9 Å². The number of nitrogens with zero attached hydrogens (tertiary/aromatic N) is 1. The van der Waals surface area contributed by atoms with E-state index in [1.807, 2.05) is 24.3 Å². The minimum absolute atomic E-state index is 0.279. The number of rotatable bonds is 5. The molecule has 1 atom stereocenters. The molecule has 1 aromatic carbocycles. The normalized spacial score (nSPS) is 12.3. The van der Waals surface area contributed by atoms with Gasteiger partial charge in [0.15, 0.2) is 0 Å². The van der Waals surface area contributed by atoms with Crippen LogP contribution in [0.2, 0.25) is 0 Å². The van der Waals surface area contributed by atoms with Gasteiger partial charge in [-0.3, -0.25) is 14.6 Å². The molecule has 7 heteroatoms. The summed E-state index contributed by atoms with van der Waals surface area (Å²) in [5.74, 6) is -1.86. The van der Waals surface area contributed by atoms with Crippen LogP contribution in [-0.2, 0) is 19.1 Å². The van der Waals surface area contributed by atoms with E-state index >= 15 is 0 Å². The number of carbonyl (C=O) groups is 3. The third-order valence-corrected chi connectivity index (χ3v) is 3.43. The Labute approximate surface area is 151 Å². The first kappa shape index (κ1) is 19.4. The van der Waals surface area contributed by atoms with Crippen LogP contribution < -0.4 is 5.32 Å². The standard InChI is InChI=1S/C19H22N2O5/c1-19(2,3)26-16(22)10-15(18(24)25-4)21-17(23)13-9-12-7-5-6-8-14(12)20-11-13/h5-9,11,15H,10H2,1-4H3,(H,21,23)/t15-/m0/s1. The van der Waals surface area contributed by atoms with Crippen molar-refractivity contribution in [3.8, 4) is 0 Å². The van der Waals surface area contributed by atoms with Crippen LogP contribution in [0.15, 0.2) is 36.5 Å². The van der Waals surface area contributed by atoms with Crippen molar-refractivity contribution in [3.05, 3.63) is 42.1 Å². The summed E-state index contributed by atoms with van der Waals surface area (Å²) in [4.78, 5) is 40.6. The highest BCUT2D eigenvalue weighted by molar-refractivity contribution is 5.99. The van der Waals surface area contributed by atoms with Gasteiger partial charge in [0.25, 0.3) is 5.91 Å². The molecule has 2 rings (SSSR count). The molecule has 0 aliphatic heterocycles. The third kappa shape index (κ3) is 5.27. The Morgan fingerprint density at radius 3 is 2.54 bits per heavy atom. The molecule has 1 N–H and O–H groups in total. The molecule has 1 heterocycles. The molecule has 0 bridgehead atoms. The van der Waals surface area contributed by atoms with Gasteiger partial charge in [0.2, 0.25) is 0 Å². The van der Waals surface area contributed by atoms with Gasteiger partial charge >= 0.3 is 11.9 Å². The number of carbonyl (C=O) groups excluding carboxylic acids is 3. The van der Waals surface area contributed by atoms with Crippen LogP contribution in [0.5, 0.6) is 0 Å². The Kier molecular flexibility index (Phi) is 5.92. The highest BCUT2D eigenvalue weighted by atomic mass is 16.6.